The first-order valence-electron chi connectivity index (χ1n) is 8.00. The van der Waals surface area contributed by atoms with E-state index in [-0.39, 0.29) is 19.1 Å². The molecule has 0 saturated carbocycles. The molecule has 0 aliphatic carbocycles. The number of carbonyl (C=O) groups is 2. The minimum atomic E-state index is -1.04. The smallest absolute Gasteiger partial charge is 0.325 e. The van der Waals surface area contributed by atoms with Crippen LogP contribution in [0.4, 0.5) is 4.79 Å². The van der Waals surface area contributed by atoms with Crippen LogP contribution in [0.25, 0.3) is 0 Å². The van der Waals surface area contributed by atoms with Crippen LogP contribution >= 0.6 is 15.9 Å². The highest BCUT2D eigenvalue weighted by atomic mass is 79.9. The Balaban J connectivity index is 1.68. The van der Waals surface area contributed by atoms with E-state index in [1.54, 1.807) is 6.92 Å². The molecule has 2 aromatic carbocycles. The van der Waals surface area contributed by atoms with Gasteiger partial charge in [0.2, 0.25) is 0 Å². The third-order valence-electron chi connectivity index (χ3n) is 4.28. The Kier molecular flexibility index (Phi) is 4.81. The van der Waals surface area contributed by atoms with Crippen molar-refractivity contribution in [2.75, 3.05) is 13.2 Å². The number of carbonyl (C=O) groups excluding carboxylic acids is 2. The Morgan fingerprint density at radius 2 is 1.88 bits per heavy atom. The first-order chi connectivity index (χ1) is 11.9. The average molecular weight is 403 g/mol. The van der Waals surface area contributed by atoms with Crippen LogP contribution in [0.2, 0.25) is 0 Å². The van der Waals surface area contributed by atoms with E-state index >= 15 is 0 Å². The fourth-order valence-corrected chi connectivity index (χ4v) is 3.17. The number of hydrogen-bond donors (Lipinski definition) is 1. The van der Waals surface area contributed by atoms with Gasteiger partial charge in [0.05, 0.1) is 6.54 Å². The summed E-state index contributed by atoms with van der Waals surface area (Å²) in [6, 6.07) is 14.6. The van der Waals surface area contributed by atoms with Gasteiger partial charge in [0, 0.05) is 4.47 Å². The summed E-state index contributed by atoms with van der Waals surface area (Å²) in [6.45, 7) is 4.14. The van der Waals surface area contributed by atoms with Gasteiger partial charge in [-0.15, -0.1) is 0 Å². The lowest BCUT2D eigenvalue weighted by Crippen LogP contribution is -2.41. The number of halogens is 1. The number of benzene rings is 2. The third-order valence-corrected chi connectivity index (χ3v) is 4.78. The summed E-state index contributed by atoms with van der Waals surface area (Å²) >= 11 is 3.38. The topological polar surface area (TPSA) is 58.6 Å². The molecule has 1 aliphatic heterocycles. The maximum atomic E-state index is 12.8. The van der Waals surface area contributed by atoms with Gasteiger partial charge in [0.25, 0.3) is 5.91 Å². The predicted molar refractivity (Wildman–Crippen MR) is 98.4 cm³/mol. The van der Waals surface area contributed by atoms with Crippen molar-refractivity contribution in [2.24, 2.45) is 0 Å². The number of urea groups is 1. The number of nitrogens with zero attached hydrogens (tertiary/aromatic N) is 1. The van der Waals surface area contributed by atoms with E-state index in [9.17, 15) is 9.59 Å². The van der Waals surface area contributed by atoms with Crippen LogP contribution in [0, 0.1) is 6.92 Å². The summed E-state index contributed by atoms with van der Waals surface area (Å²) in [5.74, 6) is 0.418. The summed E-state index contributed by atoms with van der Waals surface area (Å²) < 4.78 is 6.54. The van der Waals surface area contributed by atoms with Gasteiger partial charge in [0.15, 0.2) is 0 Å². The molecule has 1 saturated heterocycles. The minimum absolute atomic E-state index is 0.193. The van der Waals surface area contributed by atoms with E-state index in [1.807, 2.05) is 55.5 Å². The van der Waals surface area contributed by atoms with Gasteiger partial charge in [-0.2, -0.15) is 0 Å². The molecule has 2 aromatic rings. The molecular formula is C19H19BrN2O3. The molecule has 3 amide bonds. The summed E-state index contributed by atoms with van der Waals surface area (Å²) in [7, 11) is 0. The zero-order valence-corrected chi connectivity index (χ0v) is 15.7. The van der Waals surface area contributed by atoms with Crippen LogP contribution in [-0.4, -0.2) is 30.0 Å². The van der Waals surface area contributed by atoms with Crippen LogP contribution in [0.3, 0.4) is 0 Å². The van der Waals surface area contributed by atoms with E-state index in [0.29, 0.717) is 5.75 Å². The van der Waals surface area contributed by atoms with E-state index in [1.165, 1.54) is 4.90 Å². The van der Waals surface area contributed by atoms with Gasteiger partial charge in [-0.25, -0.2) is 4.79 Å². The Morgan fingerprint density at radius 1 is 1.16 bits per heavy atom. The van der Waals surface area contributed by atoms with Crippen molar-refractivity contribution >= 4 is 27.9 Å². The lowest BCUT2D eigenvalue weighted by atomic mass is 9.91. The number of nitrogens with one attached hydrogen (secondary N) is 1. The average Bonchev–Trinajstić information content (AvgIpc) is 2.79. The van der Waals surface area contributed by atoms with E-state index in [2.05, 4.69) is 21.2 Å². The SMILES string of the molecule is Cc1ccc(C2(C)NC(=O)N(CCOc3cccc(Br)c3)C2=O)cc1. The van der Waals surface area contributed by atoms with Crippen molar-refractivity contribution in [2.45, 2.75) is 19.4 Å². The molecule has 1 heterocycles. The Bertz CT molecular complexity index is 807. The van der Waals surface area contributed by atoms with Gasteiger partial charge in [-0.05, 0) is 37.6 Å². The van der Waals surface area contributed by atoms with E-state index in [0.717, 1.165) is 15.6 Å². The zero-order valence-electron chi connectivity index (χ0n) is 14.1. The molecule has 0 bridgehead atoms. The Morgan fingerprint density at radius 3 is 2.56 bits per heavy atom. The number of imide groups is 1. The highest BCUT2D eigenvalue weighted by Crippen LogP contribution is 2.29. The number of hydrogen-bond acceptors (Lipinski definition) is 3. The number of amides is 3. The van der Waals surface area contributed by atoms with Gasteiger partial charge in [-0.3, -0.25) is 9.69 Å². The maximum absolute atomic E-state index is 12.8. The van der Waals surface area contributed by atoms with Gasteiger partial charge < -0.3 is 10.1 Å². The standard InChI is InChI=1S/C19H19BrN2O3/c1-13-6-8-14(9-7-13)19(2)17(23)22(18(24)21-19)10-11-25-16-5-3-4-15(20)12-16/h3-9,12H,10-11H2,1-2H3,(H,21,24). The largest absolute Gasteiger partial charge is 0.492 e. The first kappa shape index (κ1) is 17.5. The second kappa shape index (κ2) is 6.88. The summed E-state index contributed by atoms with van der Waals surface area (Å²) in [5.41, 5.74) is 0.829. The normalized spacial score (nSPS) is 19.9. The molecule has 6 heteroatoms. The second-order valence-electron chi connectivity index (χ2n) is 6.18. The number of ether oxygens (including phenoxy) is 1. The van der Waals surface area contributed by atoms with Crippen LogP contribution in [-0.2, 0) is 10.3 Å². The minimum Gasteiger partial charge on any atom is -0.492 e. The van der Waals surface area contributed by atoms with Gasteiger partial charge in [-0.1, -0.05) is 51.8 Å². The zero-order chi connectivity index (χ0) is 18.0. The number of rotatable bonds is 5. The Hall–Kier alpha value is -2.34. The molecule has 5 nitrogen and oxygen atoms in total. The van der Waals surface area contributed by atoms with Crippen molar-refractivity contribution in [3.05, 3.63) is 64.1 Å². The first-order valence-corrected chi connectivity index (χ1v) is 8.79. The molecule has 1 N–H and O–H groups in total. The van der Waals surface area contributed by atoms with E-state index < -0.39 is 11.6 Å². The lowest BCUT2D eigenvalue weighted by molar-refractivity contribution is -0.131. The molecule has 0 aromatic heterocycles. The van der Waals surface area contributed by atoms with Crippen LogP contribution in [0.5, 0.6) is 5.75 Å². The molecule has 0 radical (unpaired) electrons. The Labute approximate surface area is 155 Å². The van der Waals surface area contributed by atoms with Crippen LogP contribution < -0.4 is 10.1 Å². The van der Waals surface area contributed by atoms with Crippen LogP contribution in [0.15, 0.2) is 53.0 Å². The monoisotopic (exact) mass is 402 g/mol. The number of aryl methyl sites for hydroxylation is 1. The van der Waals surface area contributed by atoms with E-state index in [4.69, 9.17) is 4.74 Å². The van der Waals surface area contributed by atoms with Gasteiger partial charge >= 0.3 is 6.03 Å². The highest BCUT2D eigenvalue weighted by Gasteiger charge is 2.48. The summed E-state index contributed by atoms with van der Waals surface area (Å²) in [6.07, 6.45) is 0. The highest BCUT2D eigenvalue weighted by molar-refractivity contribution is 9.10. The molecular weight excluding hydrogens is 384 g/mol. The third kappa shape index (κ3) is 3.54. The molecule has 130 valence electrons. The fraction of sp³-hybridized carbons (Fsp3) is 0.263. The molecule has 3 rings (SSSR count). The van der Waals surface area contributed by atoms with Crippen molar-refractivity contribution in [3.63, 3.8) is 0 Å². The van der Waals surface area contributed by atoms with Crippen molar-refractivity contribution in [1.29, 1.82) is 0 Å². The molecule has 1 fully saturated rings. The predicted octanol–water partition coefficient (Wildman–Crippen LogP) is 3.60. The quantitative estimate of drug-likeness (QED) is 0.777. The lowest BCUT2D eigenvalue weighted by Gasteiger charge is -2.22. The van der Waals surface area contributed by atoms with Crippen molar-refractivity contribution in [1.82, 2.24) is 10.2 Å². The molecule has 1 aliphatic rings. The second-order valence-corrected chi connectivity index (χ2v) is 7.10. The van der Waals surface area contributed by atoms with Crippen LogP contribution in [0.1, 0.15) is 18.1 Å². The summed E-state index contributed by atoms with van der Waals surface area (Å²) in [4.78, 5) is 26.3. The molecule has 1 unspecified atom stereocenters. The summed E-state index contributed by atoms with van der Waals surface area (Å²) in [5, 5.41) is 2.80. The molecule has 25 heavy (non-hydrogen) atoms. The fourth-order valence-electron chi connectivity index (χ4n) is 2.79. The molecule has 1 atom stereocenters. The van der Waals surface area contributed by atoms with Crippen molar-refractivity contribution < 1.29 is 14.3 Å². The maximum Gasteiger partial charge on any atom is 0.325 e. The van der Waals surface area contributed by atoms with Crippen molar-refractivity contribution in [3.8, 4) is 5.75 Å². The van der Waals surface area contributed by atoms with Gasteiger partial charge in [0.1, 0.15) is 17.9 Å². The molecule has 0 spiro atoms.